The predicted molar refractivity (Wildman–Crippen MR) is 120 cm³/mol. The van der Waals surface area contributed by atoms with Crippen LogP contribution in [0.1, 0.15) is 39.7 Å². The van der Waals surface area contributed by atoms with Crippen molar-refractivity contribution < 1.29 is 13.2 Å². The molecule has 156 valence electrons. The fourth-order valence-corrected chi connectivity index (χ4v) is 6.16. The molecule has 0 spiro atoms. The highest BCUT2D eigenvalue weighted by atomic mass is 32.2. The van der Waals surface area contributed by atoms with E-state index in [1.807, 2.05) is 36.4 Å². The lowest BCUT2D eigenvalue weighted by molar-refractivity contribution is 0.102. The molecule has 5 rings (SSSR count). The van der Waals surface area contributed by atoms with Crippen molar-refractivity contribution in [1.29, 1.82) is 0 Å². The third-order valence-electron chi connectivity index (χ3n) is 5.62. The number of fused-ring (bicyclic) bond motifs is 1. The molecule has 2 aliphatic rings. The number of thiazole rings is 1. The van der Waals surface area contributed by atoms with Gasteiger partial charge in [0.15, 0.2) is 9.84 Å². The highest BCUT2D eigenvalue weighted by Crippen LogP contribution is 2.43. The summed E-state index contributed by atoms with van der Waals surface area (Å²) in [7, 11) is -2.89. The van der Waals surface area contributed by atoms with Crippen LogP contribution in [0.2, 0.25) is 0 Å². The third kappa shape index (κ3) is 4.40. The second kappa shape index (κ2) is 7.76. The summed E-state index contributed by atoms with van der Waals surface area (Å²) in [5.41, 5.74) is 3.37. The van der Waals surface area contributed by atoms with Crippen molar-refractivity contribution in [2.45, 2.75) is 25.3 Å². The molecule has 30 heavy (non-hydrogen) atoms. The number of aromatic nitrogens is 1. The number of carbonyl (C=O) groups is 1. The van der Waals surface area contributed by atoms with Gasteiger partial charge >= 0.3 is 0 Å². The van der Waals surface area contributed by atoms with Crippen LogP contribution in [0.25, 0.3) is 10.2 Å². The molecule has 2 aromatic carbocycles. The molecule has 6 nitrogen and oxygen atoms in total. The molecule has 1 aromatic heterocycles. The summed E-state index contributed by atoms with van der Waals surface area (Å²) >= 11 is 1.72. The fraction of sp³-hybridized carbons (Fsp3) is 0.364. The van der Waals surface area contributed by atoms with Gasteiger partial charge in [-0.15, -0.1) is 11.3 Å². The fourth-order valence-electron chi connectivity index (χ4n) is 3.71. The predicted octanol–water partition coefficient (Wildman–Crippen LogP) is 3.66. The summed E-state index contributed by atoms with van der Waals surface area (Å²) in [5.74, 6) is 0.887. The zero-order chi connectivity index (χ0) is 20.7. The Kier molecular flexibility index (Phi) is 5.08. The molecule has 1 saturated heterocycles. The molecule has 0 unspecified atom stereocenters. The van der Waals surface area contributed by atoms with Gasteiger partial charge in [0.1, 0.15) is 0 Å². The van der Waals surface area contributed by atoms with E-state index >= 15 is 0 Å². The van der Waals surface area contributed by atoms with Crippen LogP contribution in [0.4, 0.5) is 5.69 Å². The first kappa shape index (κ1) is 19.7. The van der Waals surface area contributed by atoms with Gasteiger partial charge in [-0.3, -0.25) is 9.69 Å². The van der Waals surface area contributed by atoms with Gasteiger partial charge in [-0.1, -0.05) is 12.1 Å². The van der Waals surface area contributed by atoms with E-state index in [1.54, 1.807) is 17.4 Å². The Morgan fingerprint density at radius 2 is 1.93 bits per heavy atom. The van der Waals surface area contributed by atoms with Crippen LogP contribution in [0.5, 0.6) is 0 Å². The van der Waals surface area contributed by atoms with Crippen molar-refractivity contribution in [1.82, 2.24) is 9.88 Å². The lowest BCUT2D eigenvalue weighted by Crippen LogP contribution is -2.39. The number of hydrogen-bond acceptors (Lipinski definition) is 6. The number of amides is 1. The van der Waals surface area contributed by atoms with Gasteiger partial charge in [-0.05, 0) is 48.7 Å². The molecule has 1 aliphatic carbocycles. The molecule has 2 heterocycles. The van der Waals surface area contributed by atoms with Gasteiger partial charge in [0.25, 0.3) is 5.91 Å². The Morgan fingerprint density at radius 1 is 1.13 bits per heavy atom. The highest BCUT2D eigenvalue weighted by molar-refractivity contribution is 7.91. The van der Waals surface area contributed by atoms with E-state index in [9.17, 15) is 13.2 Å². The Bertz CT molecular complexity index is 1200. The Balaban J connectivity index is 1.27. The number of carbonyl (C=O) groups excluding carboxylic acids is 1. The largest absolute Gasteiger partial charge is 0.322 e. The maximum atomic E-state index is 12.8. The zero-order valence-electron chi connectivity index (χ0n) is 16.5. The molecule has 0 atom stereocenters. The van der Waals surface area contributed by atoms with Gasteiger partial charge in [-0.2, -0.15) is 0 Å². The van der Waals surface area contributed by atoms with Gasteiger partial charge < -0.3 is 5.32 Å². The Morgan fingerprint density at radius 3 is 2.70 bits per heavy atom. The number of benzene rings is 2. The summed E-state index contributed by atoms with van der Waals surface area (Å²) in [4.78, 5) is 19.6. The van der Waals surface area contributed by atoms with Crippen molar-refractivity contribution >= 4 is 43.0 Å². The van der Waals surface area contributed by atoms with Crippen LogP contribution in [-0.4, -0.2) is 48.8 Å². The average Bonchev–Trinajstić information content (AvgIpc) is 3.49. The van der Waals surface area contributed by atoms with Crippen LogP contribution in [0, 0.1) is 0 Å². The maximum Gasteiger partial charge on any atom is 0.255 e. The molecule has 3 aromatic rings. The van der Waals surface area contributed by atoms with E-state index < -0.39 is 9.84 Å². The average molecular weight is 442 g/mol. The summed E-state index contributed by atoms with van der Waals surface area (Å²) in [6.45, 7) is 1.72. The normalized spacial score (nSPS) is 19.1. The first-order chi connectivity index (χ1) is 14.4. The SMILES string of the molecule is O=C(Nc1ccc2nc(C3CC3)sc2c1)c1cccc(CN2CCS(=O)(=O)CC2)c1. The summed E-state index contributed by atoms with van der Waals surface area (Å²) in [5, 5.41) is 4.19. The van der Waals surface area contributed by atoms with Gasteiger partial charge in [0.2, 0.25) is 0 Å². The molecule has 1 saturated carbocycles. The summed E-state index contributed by atoms with van der Waals surface area (Å²) < 4.78 is 24.3. The highest BCUT2D eigenvalue weighted by Gasteiger charge is 2.27. The smallest absolute Gasteiger partial charge is 0.255 e. The van der Waals surface area contributed by atoms with Gasteiger partial charge in [-0.25, -0.2) is 13.4 Å². The van der Waals surface area contributed by atoms with E-state index in [2.05, 4.69) is 10.2 Å². The minimum Gasteiger partial charge on any atom is -0.322 e. The van der Waals surface area contributed by atoms with E-state index in [0.717, 1.165) is 21.5 Å². The topological polar surface area (TPSA) is 79.4 Å². The summed E-state index contributed by atoms with van der Waals surface area (Å²) in [6, 6.07) is 13.4. The first-order valence-electron chi connectivity index (χ1n) is 10.2. The Hall–Kier alpha value is -2.29. The third-order valence-corrected chi connectivity index (χ3v) is 8.41. The van der Waals surface area contributed by atoms with E-state index in [4.69, 9.17) is 4.98 Å². The van der Waals surface area contributed by atoms with E-state index in [-0.39, 0.29) is 17.4 Å². The number of rotatable bonds is 5. The first-order valence-corrected chi connectivity index (χ1v) is 12.8. The minimum absolute atomic E-state index is 0.149. The number of nitrogens with zero attached hydrogens (tertiary/aromatic N) is 2. The number of hydrogen-bond donors (Lipinski definition) is 1. The van der Waals surface area contributed by atoms with Crippen molar-refractivity contribution in [3.63, 3.8) is 0 Å². The van der Waals surface area contributed by atoms with Crippen molar-refractivity contribution in [3.05, 3.63) is 58.6 Å². The quantitative estimate of drug-likeness (QED) is 0.654. The molecule has 1 amide bonds. The number of sulfone groups is 1. The van der Waals surface area contributed by atoms with Crippen LogP contribution >= 0.6 is 11.3 Å². The molecule has 0 bridgehead atoms. The van der Waals surface area contributed by atoms with Crippen molar-refractivity contribution in [2.24, 2.45) is 0 Å². The summed E-state index contributed by atoms with van der Waals surface area (Å²) in [6.07, 6.45) is 2.46. The lowest BCUT2D eigenvalue weighted by atomic mass is 10.1. The van der Waals surface area contributed by atoms with Crippen molar-refractivity contribution in [2.75, 3.05) is 29.9 Å². The van der Waals surface area contributed by atoms with E-state index in [0.29, 0.717) is 31.1 Å². The van der Waals surface area contributed by atoms with Gasteiger partial charge in [0, 0.05) is 36.8 Å². The molecule has 1 N–H and O–H groups in total. The van der Waals surface area contributed by atoms with Crippen LogP contribution in [-0.2, 0) is 16.4 Å². The van der Waals surface area contributed by atoms with Crippen LogP contribution in [0.15, 0.2) is 42.5 Å². The molecular formula is C22H23N3O3S2. The second-order valence-corrected chi connectivity index (χ2v) is 11.5. The monoisotopic (exact) mass is 441 g/mol. The molecule has 0 radical (unpaired) electrons. The number of anilines is 1. The molecule has 1 aliphatic heterocycles. The zero-order valence-corrected chi connectivity index (χ0v) is 18.1. The number of nitrogens with one attached hydrogen (secondary N) is 1. The van der Waals surface area contributed by atoms with E-state index in [1.165, 1.54) is 17.8 Å². The van der Waals surface area contributed by atoms with Gasteiger partial charge in [0.05, 0.1) is 26.7 Å². The minimum atomic E-state index is -2.89. The van der Waals surface area contributed by atoms with Crippen molar-refractivity contribution in [3.8, 4) is 0 Å². The standard InChI is InChI=1S/C22H23N3O3S2/c26-21(23-18-6-7-19-20(13-18)29-22(24-19)16-4-5-16)17-3-1-2-15(12-17)14-25-8-10-30(27,28)11-9-25/h1-3,6-7,12-13,16H,4-5,8-11,14H2,(H,23,26). The maximum absolute atomic E-state index is 12.8. The van der Waals surface area contributed by atoms with Crippen LogP contribution < -0.4 is 5.32 Å². The molecule has 8 heteroatoms. The lowest BCUT2D eigenvalue weighted by Gasteiger charge is -2.26. The Labute approximate surface area is 179 Å². The second-order valence-electron chi connectivity index (χ2n) is 8.09. The van der Waals surface area contributed by atoms with Crippen LogP contribution in [0.3, 0.4) is 0 Å². The molecule has 2 fully saturated rings. The molecular weight excluding hydrogens is 418 g/mol.